The molecule has 0 bridgehead atoms. The predicted octanol–water partition coefficient (Wildman–Crippen LogP) is 2.29. The van der Waals surface area contributed by atoms with Gasteiger partial charge >= 0.3 is 5.97 Å². The van der Waals surface area contributed by atoms with Crippen LogP contribution in [0.5, 0.6) is 0 Å². The van der Waals surface area contributed by atoms with Crippen molar-refractivity contribution < 1.29 is 29.0 Å². The zero-order valence-corrected chi connectivity index (χ0v) is 22.3. The summed E-state index contributed by atoms with van der Waals surface area (Å²) in [4.78, 5) is 46.9. The van der Waals surface area contributed by atoms with Gasteiger partial charge in [0.15, 0.2) is 0 Å². The van der Waals surface area contributed by atoms with Gasteiger partial charge in [-0.05, 0) is 57.9 Å². The molecular weight excluding hydrogens is 486 g/mol. The average Bonchev–Trinajstić information content (AvgIpc) is 3.34. The quantitative estimate of drug-likeness (QED) is 0.451. The first-order chi connectivity index (χ1) is 18.4. The molecule has 9 heteroatoms. The summed E-state index contributed by atoms with van der Waals surface area (Å²) in [6.07, 6.45) is 8.19. The number of hydrogen-bond acceptors (Lipinski definition) is 7. The van der Waals surface area contributed by atoms with Gasteiger partial charge in [-0.25, -0.2) is 0 Å². The number of carbonyl (C=O) groups excluding carboxylic acids is 3. The molecule has 5 rings (SSSR count). The number of benzene rings is 1. The minimum absolute atomic E-state index is 0.270. The number of amides is 2. The summed E-state index contributed by atoms with van der Waals surface area (Å²) in [7, 11) is 0. The maximum absolute atomic E-state index is 14.3. The highest BCUT2D eigenvalue weighted by molar-refractivity contribution is 6.05. The number of cyclic esters (lactones) is 1. The molecular formula is C29H37N3O6. The Morgan fingerprint density at radius 3 is 2.53 bits per heavy atom. The van der Waals surface area contributed by atoms with E-state index < -0.39 is 41.6 Å². The molecule has 1 N–H and O–H groups in total. The monoisotopic (exact) mass is 523 g/mol. The summed E-state index contributed by atoms with van der Waals surface area (Å²) in [5, 5.41) is 10.1. The van der Waals surface area contributed by atoms with Gasteiger partial charge < -0.3 is 29.3 Å². The number of aliphatic hydroxyl groups is 1. The lowest BCUT2D eigenvalue weighted by Gasteiger charge is -2.37. The lowest BCUT2D eigenvalue weighted by atomic mass is 9.78. The van der Waals surface area contributed by atoms with E-state index in [1.54, 1.807) is 17.9 Å². The number of rotatable bonds is 6. The summed E-state index contributed by atoms with van der Waals surface area (Å²) in [5.41, 5.74) is 0.432. The first kappa shape index (κ1) is 26.4. The van der Waals surface area contributed by atoms with E-state index >= 15 is 0 Å². The highest BCUT2D eigenvalue weighted by Crippen LogP contribution is 2.53. The molecule has 0 radical (unpaired) electrons. The van der Waals surface area contributed by atoms with E-state index in [4.69, 9.17) is 9.47 Å². The van der Waals surface area contributed by atoms with Crippen LogP contribution in [0.3, 0.4) is 0 Å². The number of likely N-dealkylation sites (tertiary alicyclic amines) is 1. The number of anilines is 2. The van der Waals surface area contributed by atoms with E-state index in [0.29, 0.717) is 18.7 Å². The molecule has 1 aromatic carbocycles. The highest BCUT2D eigenvalue weighted by atomic mass is 16.6. The molecule has 2 saturated heterocycles. The molecule has 4 aliphatic heterocycles. The molecule has 1 aromatic rings. The first-order valence-corrected chi connectivity index (χ1v) is 13.7. The molecule has 1 unspecified atom stereocenters. The fourth-order valence-corrected chi connectivity index (χ4v) is 6.42. The van der Waals surface area contributed by atoms with Crippen molar-refractivity contribution in [3.8, 4) is 0 Å². The second-order valence-electron chi connectivity index (χ2n) is 10.4. The molecule has 0 aromatic heterocycles. The topological polar surface area (TPSA) is 99.6 Å². The SMILES string of the molecule is CCN(CC)c1ccc(N2CC=C[C@]34O[C@@H]5/C=C\CCCOC(=O)[C@@H]5[C@H]3C(=O)N([C@H](C)CO)C4C2=O)cc1. The molecule has 9 nitrogen and oxygen atoms in total. The van der Waals surface area contributed by atoms with Crippen molar-refractivity contribution >= 4 is 29.2 Å². The molecule has 2 fully saturated rings. The van der Waals surface area contributed by atoms with Crippen LogP contribution in [0.4, 0.5) is 11.4 Å². The van der Waals surface area contributed by atoms with Crippen LogP contribution < -0.4 is 9.80 Å². The number of aliphatic hydroxyl groups excluding tert-OH is 1. The van der Waals surface area contributed by atoms with Gasteiger partial charge in [0, 0.05) is 31.0 Å². The van der Waals surface area contributed by atoms with Crippen molar-refractivity contribution in [2.75, 3.05) is 42.6 Å². The zero-order valence-electron chi connectivity index (χ0n) is 22.3. The summed E-state index contributed by atoms with van der Waals surface area (Å²) < 4.78 is 12.1. The standard InChI is InChI=1S/C29H37N3O6/c1-4-30(5-2)20-11-13-21(14-12-20)31-16-9-15-29-24(26(34)32(19(3)18-33)25(29)27(31)35)23-22(38-29)10-7-6-8-17-37-28(23)36/h7,9-15,19,22-25,33H,4-6,8,16-18H2,1-3H3/b10-7-/t19-,22-,23+,24+,25?,29+/m1/s1. The number of hydrogen-bond donors (Lipinski definition) is 1. The normalized spacial score (nSPS) is 32.4. The fourth-order valence-electron chi connectivity index (χ4n) is 6.42. The van der Waals surface area contributed by atoms with Crippen molar-refractivity contribution in [3.63, 3.8) is 0 Å². The number of fused-ring (bicyclic) bond motifs is 2. The van der Waals surface area contributed by atoms with Gasteiger partial charge in [-0.3, -0.25) is 14.4 Å². The largest absolute Gasteiger partial charge is 0.465 e. The van der Waals surface area contributed by atoms with Gasteiger partial charge in [0.05, 0.1) is 31.3 Å². The molecule has 38 heavy (non-hydrogen) atoms. The Hall–Kier alpha value is -3.17. The lowest BCUT2D eigenvalue weighted by molar-refractivity contribution is -0.155. The van der Waals surface area contributed by atoms with Gasteiger partial charge in [-0.2, -0.15) is 0 Å². The second kappa shape index (κ2) is 10.5. The van der Waals surface area contributed by atoms with Crippen molar-refractivity contribution in [2.45, 2.75) is 57.4 Å². The Bertz CT molecular complexity index is 1130. The van der Waals surface area contributed by atoms with E-state index in [2.05, 4.69) is 18.7 Å². The molecule has 204 valence electrons. The summed E-state index contributed by atoms with van der Waals surface area (Å²) in [6.45, 7) is 7.89. The zero-order chi connectivity index (χ0) is 27.0. The van der Waals surface area contributed by atoms with E-state index in [0.717, 1.165) is 25.2 Å². The lowest BCUT2D eigenvalue weighted by Crippen LogP contribution is -2.57. The van der Waals surface area contributed by atoms with Crippen LogP contribution >= 0.6 is 0 Å². The summed E-state index contributed by atoms with van der Waals surface area (Å²) in [5.74, 6) is -2.95. The van der Waals surface area contributed by atoms with Crippen molar-refractivity contribution in [1.29, 1.82) is 0 Å². The minimum Gasteiger partial charge on any atom is -0.465 e. The van der Waals surface area contributed by atoms with Crippen LogP contribution in [0, 0.1) is 11.8 Å². The molecule has 4 heterocycles. The maximum atomic E-state index is 14.3. The average molecular weight is 524 g/mol. The smallest absolute Gasteiger partial charge is 0.312 e. The third-order valence-electron chi connectivity index (χ3n) is 8.32. The van der Waals surface area contributed by atoms with Crippen molar-refractivity contribution in [1.82, 2.24) is 4.90 Å². The van der Waals surface area contributed by atoms with Gasteiger partial charge in [0.25, 0.3) is 5.91 Å². The molecule has 4 aliphatic rings. The van der Waals surface area contributed by atoms with E-state index in [1.165, 1.54) is 4.90 Å². The third-order valence-corrected chi connectivity index (χ3v) is 8.32. The van der Waals surface area contributed by atoms with Crippen LogP contribution in [-0.2, 0) is 23.9 Å². The van der Waals surface area contributed by atoms with Crippen LogP contribution in [0.25, 0.3) is 0 Å². The van der Waals surface area contributed by atoms with Gasteiger partial charge in [-0.15, -0.1) is 0 Å². The Balaban J connectivity index is 1.56. The van der Waals surface area contributed by atoms with Crippen molar-refractivity contribution in [2.24, 2.45) is 11.8 Å². The predicted molar refractivity (Wildman–Crippen MR) is 143 cm³/mol. The highest BCUT2D eigenvalue weighted by Gasteiger charge is 2.72. The number of nitrogens with zero attached hydrogens (tertiary/aromatic N) is 3. The van der Waals surface area contributed by atoms with Crippen molar-refractivity contribution in [3.05, 3.63) is 48.6 Å². The van der Waals surface area contributed by atoms with Gasteiger partial charge in [0.1, 0.15) is 17.6 Å². The van der Waals surface area contributed by atoms with Crippen LogP contribution in [-0.4, -0.2) is 84.4 Å². The minimum atomic E-state index is -1.34. The third kappa shape index (κ3) is 4.12. The van der Waals surface area contributed by atoms with Crippen LogP contribution in [0.1, 0.15) is 33.6 Å². The fraction of sp³-hybridized carbons (Fsp3) is 0.552. The van der Waals surface area contributed by atoms with Gasteiger partial charge in [-0.1, -0.05) is 24.3 Å². The van der Waals surface area contributed by atoms with Gasteiger partial charge in [0.2, 0.25) is 5.91 Å². The first-order valence-electron chi connectivity index (χ1n) is 13.7. The molecule has 0 saturated carbocycles. The molecule has 2 amide bonds. The number of ether oxygens (including phenoxy) is 2. The summed E-state index contributed by atoms with van der Waals surface area (Å²) >= 11 is 0. The van der Waals surface area contributed by atoms with E-state index in [1.807, 2.05) is 42.5 Å². The Labute approximate surface area is 223 Å². The Morgan fingerprint density at radius 2 is 1.84 bits per heavy atom. The Morgan fingerprint density at radius 1 is 1.11 bits per heavy atom. The molecule has 0 aliphatic carbocycles. The molecule has 1 spiro atoms. The number of allylic oxidation sites excluding steroid dienone is 1. The second-order valence-corrected chi connectivity index (χ2v) is 10.4. The Kier molecular flexibility index (Phi) is 7.33. The molecule has 6 atom stereocenters. The van der Waals surface area contributed by atoms with Crippen LogP contribution in [0.2, 0.25) is 0 Å². The summed E-state index contributed by atoms with van der Waals surface area (Å²) in [6, 6.07) is 6.15. The van der Waals surface area contributed by atoms with E-state index in [-0.39, 0.29) is 25.0 Å². The number of carbonyl (C=O) groups is 3. The van der Waals surface area contributed by atoms with Crippen LogP contribution in [0.15, 0.2) is 48.6 Å². The number of esters is 1. The maximum Gasteiger partial charge on any atom is 0.312 e. The van der Waals surface area contributed by atoms with E-state index in [9.17, 15) is 19.5 Å².